The van der Waals surface area contributed by atoms with E-state index in [1.165, 1.54) is 17.0 Å². The van der Waals surface area contributed by atoms with Gasteiger partial charge < -0.3 is 10.2 Å². The first kappa shape index (κ1) is 18.6. The first-order valence-corrected chi connectivity index (χ1v) is 8.22. The van der Waals surface area contributed by atoms with Gasteiger partial charge in [0.15, 0.2) is 0 Å². The van der Waals surface area contributed by atoms with Gasteiger partial charge in [-0.05, 0) is 42.7 Å². The van der Waals surface area contributed by atoms with Crippen LogP contribution in [0.5, 0.6) is 0 Å². The van der Waals surface area contributed by atoms with Crippen LogP contribution < -0.4 is 5.32 Å². The zero-order valence-electron chi connectivity index (χ0n) is 14.8. The van der Waals surface area contributed by atoms with Crippen molar-refractivity contribution in [1.82, 2.24) is 10.2 Å². The lowest BCUT2D eigenvalue weighted by molar-refractivity contribution is -0.139. The molecule has 0 saturated heterocycles. The predicted molar refractivity (Wildman–Crippen MR) is 95.4 cm³/mol. The molecule has 0 aromatic heterocycles. The van der Waals surface area contributed by atoms with Gasteiger partial charge in [0.25, 0.3) is 0 Å². The highest BCUT2D eigenvalue weighted by Gasteiger charge is 2.25. The summed E-state index contributed by atoms with van der Waals surface area (Å²) in [5.41, 5.74) is 2.74. The smallest absolute Gasteiger partial charge is 0.242 e. The molecular weight excluding hydrogens is 319 g/mol. The molecule has 0 fully saturated rings. The molecule has 2 aromatic carbocycles. The molecule has 1 atom stereocenters. The number of amides is 2. The molecule has 0 aliphatic rings. The summed E-state index contributed by atoms with van der Waals surface area (Å²) in [6.07, 6.45) is 0.217. The van der Waals surface area contributed by atoms with Crippen LogP contribution in [0, 0.1) is 12.7 Å². The Balaban J connectivity index is 2.23. The fraction of sp³-hybridized carbons (Fsp3) is 0.300. The van der Waals surface area contributed by atoms with Crippen molar-refractivity contribution < 1.29 is 14.0 Å². The number of aryl methyl sites for hydroxylation is 1. The molecule has 25 heavy (non-hydrogen) atoms. The molecule has 0 saturated carbocycles. The highest BCUT2D eigenvalue weighted by Crippen LogP contribution is 2.15. The quantitative estimate of drug-likeness (QED) is 0.878. The second-order valence-electron chi connectivity index (χ2n) is 6.04. The second-order valence-corrected chi connectivity index (χ2v) is 6.04. The van der Waals surface area contributed by atoms with E-state index in [1.807, 2.05) is 31.2 Å². The summed E-state index contributed by atoms with van der Waals surface area (Å²) >= 11 is 0. The monoisotopic (exact) mass is 342 g/mol. The van der Waals surface area contributed by atoms with Crippen molar-refractivity contribution in [3.63, 3.8) is 0 Å². The van der Waals surface area contributed by atoms with Crippen LogP contribution in [-0.2, 0) is 22.6 Å². The molecule has 0 aliphatic carbocycles. The molecule has 2 amide bonds. The van der Waals surface area contributed by atoms with Crippen LogP contribution in [0.3, 0.4) is 0 Å². The maximum Gasteiger partial charge on any atom is 0.242 e. The highest BCUT2D eigenvalue weighted by atomic mass is 19.1. The van der Waals surface area contributed by atoms with Crippen molar-refractivity contribution in [2.45, 2.75) is 32.9 Å². The zero-order valence-corrected chi connectivity index (χ0v) is 14.8. The van der Waals surface area contributed by atoms with E-state index < -0.39 is 6.04 Å². The molecule has 0 aliphatic heterocycles. The average molecular weight is 342 g/mol. The third-order valence-electron chi connectivity index (χ3n) is 4.28. The number of benzene rings is 2. The summed E-state index contributed by atoms with van der Waals surface area (Å²) in [6, 6.07) is 13.0. The molecule has 2 aromatic rings. The van der Waals surface area contributed by atoms with Gasteiger partial charge in [-0.2, -0.15) is 0 Å². The first-order chi connectivity index (χ1) is 11.9. The minimum atomic E-state index is -0.619. The Hall–Kier alpha value is -2.69. The number of halogens is 1. The van der Waals surface area contributed by atoms with Gasteiger partial charge in [-0.15, -0.1) is 0 Å². The highest BCUT2D eigenvalue weighted by molar-refractivity contribution is 5.88. The van der Waals surface area contributed by atoms with E-state index >= 15 is 0 Å². The van der Waals surface area contributed by atoms with Crippen LogP contribution >= 0.6 is 0 Å². The van der Waals surface area contributed by atoms with Crippen molar-refractivity contribution in [1.29, 1.82) is 0 Å². The predicted octanol–water partition coefficient (Wildman–Crippen LogP) is 2.84. The molecule has 2 rings (SSSR count). The number of hydrogen-bond acceptors (Lipinski definition) is 2. The van der Waals surface area contributed by atoms with Crippen LogP contribution in [0.1, 0.15) is 23.6 Å². The maximum absolute atomic E-state index is 13.1. The number of hydrogen-bond donors (Lipinski definition) is 1. The molecule has 0 spiro atoms. The van der Waals surface area contributed by atoms with Gasteiger partial charge in [-0.25, -0.2) is 4.39 Å². The summed E-state index contributed by atoms with van der Waals surface area (Å²) in [4.78, 5) is 26.5. The van der Waals surface area contributed by atoms with E-state index in [4.69, 9.17) is 0 Å². The Morgan fingerprint density at radius 2 is 1.76 bits per heavy atom. The second kappa shape index (κ2) is 8.42. The minimum Gasteiger partial charge on any atom is -0.357 e. The molecule has 1 N–H and O–H groups in total. The van der Waals surface area contributed by atoms with Crippen LogP contribution in [-0.4, -0.2) is 29.8 Å². The number of likely N-dealkylation sites (N-methyl/N-ethyl adjacent to an activating group) is 1. The normalized spacial score (nSPS) is 11.7. The lowest BCUT2D eigenvalue weighted by Crippen LogP contribution is -2.47. The van der Waals surface area contributed by atoms with Gasteiger partial charge >= 0.3 is 0 Å². The molecular formula is C20H23FN2O2. The minimum absolute atomic E-state index is 0.144. The van der Waals surface area contributed by atoms with E-state index in [2.05, 4.69) is 5.32 Å². The fourth-order valence-corrected chi connectivity index (χ4v) is 2.65. The van der Waals surface area contributed by atoms with Crippen molar-refractivity contribution >= 4 is 11.8 Å². The summed E-state index contributed by atoms with van der Waals surface area (Å²) in [5, 5.41) is 2.58. The lowest BCUT2D eigenvalue weighted by atomic mass is 10.0. The van der Waals surface area contributed by atoms with Gasteiger partial charge in [0.05, 0.1) is 6.42 Å². The Labute approximate surface area is 147 Å². The Morgan fingerprint density at radius 3 is 2.36 bits per heavy atom. The first-order valence-electron chi connectivity index (χ1n) is 8.22. The summed E-state index contributed by atoms with van der Waals surface area (Å²) in [5.74, 6) is -0.712. The molecule has 0 heterocycles. The maximum atomic E-state index is 13.1. The molecule has 0 radical (unpaired) electrons. The molecule has 4 nitrogen and oxygen atoms in total. The van der Waals surface area contributed by atoms with E-state index in [0.29, 0.717) is 0 Å². The number of carbonyl (C=O) groups excluding carboxylic acids is 2. The van der Waals surface area contributed by atoms with Gasteiger partial charge in [-0.3, -0.25) is 9.59 Å². The number of rotatable bonds is 6. The van der Waals surface area contributed by atoms with E-state index in [1.54, 1.807) is 26.1 Å². The summed E-state index contributed by atoms with van der Waals surface area (Å²) in [7, 11) is 1.54. The Morgan fingerprint density at radius 1 is 1.12 bits per heavy atom. The zero-order chi connectivity index (χ0) is 18.4. The van der Waals surface area contributed by atoms with E-state index in [9.17, 15) is 14.0 Å². The number of carbonyl (C=O) groups is 2. The number of nitrogens with one attached hydrogen (secondary N) is 1. The lowest BCUT2D eigenvalue weighted by Gasteiger charge is -2.28. The van der Waals surface area contributed by atoms with E-state index in [0.717, 1.165) is 16.7 Å². The third-order valence-corrected chi connectivity index (χ3v) is 4.28. The van der Waals surface area contributed by atoms with Crippen LogP contribution in [0.4, 0.5) is 4.39 Å². The van der Waals surface area contributed by atoms with Crippen LogP contribution in [0.25, 0.3) is 0 Å². The topological polar surface area (TPSA) is 49.4 Å². The number of nitrogens with zero attached hydrogens (tertiary/aromatic N) is 1. The largest absolute Gasteiger partial charge is 0.357 e. The van der Waals surface area contributed by atoms with Crippen molar-refractivity contribution in [2.75, 3.05) is 7.05 Å². The SMILES string of the molecule is CNC(=O)C(C)N(Cc1ccc(F)cc1)C(=O)Cc1ccccc1C. The third kappa shape index (κ3) is 4.89. The molecule has 5 heteroatoms. The molecule has 0 bridgehead atoms. The van der Waals surface area contributed by atoms with Gasteiger partial charge in [-0.1, -0.05) is 36.4 Å². The van der Waals surface area contributed by atoms with Gasteiger partial charge in [0.1, 0.15) is 11.9 Å². The van der Waals surface area contributed by atoms with Gasteiger partial charge in [0, 0.05) is 13.6 Å². The average Bonchev–Trinajstić information content (AvgIpc) is 2.61. The molecule has 1 unspecified atom stereocenters. The molecule has 132 valence electrons. The van der Waals surface area contributed by atoms with Crippen LogP contribution in [0.2, 0.25) is 0 Å². The Bertz CT molecular complexity index is 744. The summed E-state index contributed by atoms with van der Waals surface area (Å²) < 4.78 is 13.1. The van der Waals surface area contributed by atoms with E-state index in [-0.39, 0.29) is 30.6 Å². The van der Waals surface area contributed by atoms with Crippen LogP contribution in [0.15, 0.2) is 48.5 Å². The Kier molecular flexibility index (Phi) is 6.28. The van der Waals surface area contributed by atoms with Crippen molar-refractivity contribution in [3.8, 4) is 0 Å². The summed E-state index contributed by atoms with van der Waals surface area (Å²) in [6.45, 7) is 3.90. The van der Waals surface area contributed by atoms with Crippen molar-refractivity contribution in [2.24, 2.45) is 0 Å². The van der Waals surface area contributed by atoms with Gasteiger partial charge in [0.2, 0.25) is 11.8 Å². The fourth-order valence-electron chi connectivity index (χ4n) is 2.65. The van der Waals surface area contributed by atoms with Crippen molar-refractivity contribution in [3.05, 3.63) is 71.0 Å². The standard InChI is InChI=1S/C20H23FN2O2/c1-14-6-4-5-7-17(14)12-19(24)23(15(2)20(25)22-3)13-16-8-10-18(21)11-9-16/h4-11,15H,12-13H2,1-3H3,(H,22,25).